The third-order valence-electron chi connectivity index (χ3n) is 3.02. The van der Waals surface area contributed by atoms with Gasteiger partial charge in [-0.1, -0.05) is 23.2 Å². The molecule has 2 N–H and O–H groups in total. The Morgan fingerprint density at radius 3 is 1.50 bits per heavy atom. The van der Waals surface area contributed by atoms with Gasteiger partial charge >= 0.3 is 0 Å². The van der Waals surface area contributed by atoms with Crippen molar-refractivity contribution in [2.75, 3.05) is 14.2 Å². The predicted octanol–water partition coefficient (Wildman–Crippen LogP) is 3.87. The molecule has 0 aliphatic rings. The molecule has 0 aliphatic heterocycles. The van der Waals surface area contributed by atoms with Gasteiger partial charge < -0.3 is 19.7 Å². The number of hydrogen-bond acceptors (Lipinski definition) is 6. The Bertz CT molecular complexity index is 740. The van der Waals surface area contributed by atoms with E-state index in [0.717, 1.165) is 0 Å². The average Bonchev–Trinajstić information content (AvgIpc) is 2.57. The van der Waals surface area contributed by atoms with E-state index in [0.29, 0.717) is 11.1 Å². The molecule has 2 rings (SSSR count). The summed E-state index contributed by atoms with van der Waals surface area (Å²) >= 11 is 11.8. The fraction of sp³-hybridized carbons (Fsp3) is 0.125. The van der Waals surface area contributed by atoms with Crippen LogP contribution in [0.3, 0.4) is 0 Å². The molecule has 0 amide bonds. The molecule has 6 nitrogen and oxygen atoms in total. The maximum absolute atomic E-state index is 9.66. The second kappa shape index (κ2) is 7.90. The molecule has 0 saturated carbocycles. The van der Waals surface area contributed by atoms with Crippen LogP contribution in [-0.2, 0) is 0 Å². The summed E-state index contributed by atoms with van der Waals surface area (Å²) < 4.78 is 10.0. The van der Waals surface area contributed by atoms with Crippen molar-refractivity contribution in [3.63, 3.8) is 0 Å². The van der Waals surface area contributed by atoms with Crippen LogP contribution in [0.25, 0.3) is 0 Å². The number of methoxy groups -OCH3 is 2. The maximum Gasteiger partial charge on any atom is 0.176 e. The molecule has 0 bridgehead atoms. The lowest BCUT2D eigenvalue weighted by Gasteiger charge is -2.06. The van der Waals surface area contributed by atoms with Crippen molar-refractivity contribution in [1.29, 1.82) is 0 Å². The van der Waals surface area contributed by atoms with Gasteiger partial charge in [0.25, 0.3) is 0 Å². The highest BCUT2D eigenvalue weighted by Crippen LogP contribution is 2.35. The summed E-state index contributed by atoms with van der Waals surface area (Å²) in [5, 5.41) is 27.4. The third kappa shape index (κ3) is 4.10. The average molecular weight is 369 g/mol. The fourth-order valence-corrected chi connectivity index (χ4v) is 2.29. The summed E-state index contributed by atoms with van der Waals surface area (Å²) in [6.45, 7) is 0. The molecule has 126 valence electrons. The zero-order valence-corrected chi connectivity index (χ0v) is 14.3. The molecule has 0 radical (unpaired) electrons. The highest BCUT2D eigenvalue weighted by molar-refractivity contribution is 6.32. The van der Waals surface area contributed by atoms with Crippen molar-refractivity contribution in [3.05, 3.63) is 45.4 Å². The Hall–Kier alpha value is -2.44. The van der Waals surface area contributed by atoms with Crippen LogP contribution >= 0.6 is 23.2 Å². The quantitative estimate of drug-likeness (QED) is 0.619. The zero-order chi connectivity index (χ0) is 17.7. The van der Waals surface area contributed by atoms with Gasteiger partial charge in [-0.15, -0.1) is 0 Å². The van der Waals surface area contributed by atoms with E-state index >= 15 is 0 Å². The summed E-state index contributed by atoms with van der Waals surface area (Å²) in [7, 11) is 2.85. The summed E-state index contributed by atoms with van der Waals surface area (Å²) in [6, 6.07) is 6.19. The van der Waals surface area contributed by atoms with Crippen LogP contribution in [0.2, 0.25) is 10.0 Å². The normalized spacial score (nSPS) is 11.3. The van der Waals surface area contributed by atoms with Crippen molar-refractivity contribution in [2.45, 2.75) is 0 Å². The van der Waals surface area contributed by atoms with Crippen molar-refractivity contribution in [3.8, 4) is 23.0 Å². The van der Waals surface area contributed by atoms with Gasteiger partial charge in [-0.25, -0.2) is 0 Å². The number of aromatic hydroxyl groups is 2. The lowest BCUT2D eigenvalue weighted by atomic mass is 10.2. The molecule has 0 saturated heterocycles. The number of nitrogens with zero attached hydrogens (tertiary/aromatic N) is 2. The molecule has 0 unspecified atom stereocenters. The second-order valence-electron chi connectivity index (χ2n) is 4.60. The van der Waals surface area contributed by atoms with Crippen LogP contribution in [0.15, 0.2) is 34.5 Å². The standard InChI is InChI=1S/C16H14Cl2N2O4/c1-23-13-5-9(3-11(17)15(13)21)7-19-20-8-10-4-12(18)16(22)14(6-10)24-2/h3-8,21-22H,1-2H3/b19-7-,20-8-. The minimum absolute atomic E-state index is 0.134. The Balaban J connectivity index is 2.19. The fourth-order valence-electron chi connectivity index (χ4n) is 1.85. The van der Waals surface area contributed by atoms with Crippen LogP contribution in [0.5, 0.6) is 23.0 Å². The molecule has 0 fully saturated rings. The van der Waals surface area contributed by atoms with E-state index in [4.69, 9.17) is 32.7 Å². The van der Waals surface area contributed by atoms with E-state index in [9.17, 15) is 10.2 Å². The molecule has 8 heteroatoms. The molecule has 0 spiro atoms. The Labute approximate surface area is 148 Å². The number of phenolic OH excluding ortho intramolecular Hbond substituents is 2. The predicted molar refractivity (Wildman–Crippen MR) is 94.5 cm³/mol. The number of rotatable bonds is 5. The van der Waals surface area contributed by atoms with Gasteiger partial charge in [0.15, 0.2) is 23.0 Å². The smallest absolute Gasteiger partial charge is 0.176 e. The highest BCUT2D eigenvalue weighted by atomic mass is 35.5. The third-order valence-corrected chi connectivity index (χ3v) is 3.60. The van der Waals surface area contributed by atoms with Crippen molar-refractivity contribution < 1.29 is 19.7 Å². The minimum atomic E-state index is -0.134. The van der Waals surface area contributed by atoms with Crippen LogP contribution < -0.4 is 9.47 Å². The van der Waals surface area contributed by atoms with E-state index in [-0.39, 0.29) is 33.0 Å². The van der Waals surface area contributed by atoms with Crippen molar-refractivity contribution in [1.82, 2.24) is 0 Å². The first-order valence-electron chi connectivity index (χ1n) is 6.65. The first-order chi connectivity index (χ1) is 11.5. The molecule has 2 aromatic rings. The molecule has 24 heavy (non-hydrogen) atoms. The molecular formula is C16H14Cl2N2O4. The molecule has 0 aliphatic carbocycles. The first-order valence-corrected chi connectivity index (χ1v) is 7.41. The minimum Gasteiger partial charge on any atom is -0.503 e. The molecule has 0 heterocycles. The summed E-state index contributed by atoms with van der Waals surface area (Å²) in [4.78, 5) is 0. The highest BCUT2D eigenvalue weighted by Gasteiger charge is 2.08. The second-order valence-corrected chi connectivity index (χ2v) is 5.41. The number of benzene rings is 2. The van der Waals surface area contributed by atoms with E-state index in [1.807, 2.05) is 0 Å². The van der Waals surface area contributed by atoms with E-state index in [1.54, 1.807) is 12.1 Å². The monoisotopic (exact) mass is 368 g/mol. The van der Waals surface area contributed by atoms with Crippen LogP contribution in [0, 0.1) is 0 Å². The Morgan fingerprint density at radius 1 is 0.792 bits per heavy atom. The van der Waals surface area contributed by atoms with Gasteiger partial charge in [-0.3, -0.25) is 0 Å². The molecule has 0 aromatic heterocycles. The summed E-state index contributed by atoms with van der Waals surface area (Å²) in [6.07, 6.45) is 2.90. The Morgan fingerprint density at radius 2 is 1.17 bits per heavy atom. The number of ether oxygens (including phenoxy) is 2. The lowest BCUT2D eigenvalue weighted by molar-refractivity contribution is 0.373. The number of halogens is 2. The first kappa shape index (κ1) is 17.9. The van der Waals surface area contributed by atoms with Gasteiger partial charge in [-0.05, 0) is 24.3 Å². The number of phenols is 2. The summed E-state index contributed by atoms with van der Waals surface area (Å²) in [5.41, 5.74) is 1.21. The molecule has 0 atom stereocenters. The van der Waals surface area contributed by atoms with Gasteiger partial charge in [-0.2, -0.15) is 10.2 Å². The van der Waals surface area contributed by atoms with E-state index in [1.165, 1.54) is 38.8 Å². The molecular weight excluding hydrogens is 355 g/mol. The number of hydrogen-bond donors (Lipinski definition) is 2. The summed E-state index contributed by atoms with van der Waals surface area (Å²) in [5.74, 6) is 0.210. The van der Waals surface area contributed by atoms with Crippen LogP contribution in [0.1, 0.15) is 11.1 Å². The van der Waals surface area contributed by atoms with Gasteiger partial charge in [0.1, 0.15) is 0 Å². The zero-order valence-electron chi connectivity index (χ0n) is 12.8. The maximum atomic E-state index is 9.66. The van der Waals surface area contributed by atoms with Crippen LogP contribution in [0.4, 0.5) is 0 Å². The van der Waals surface area contributed by atoms with E-state index < -0.39 is 0 Å². The molecule has 2 aromatic carbocycles. The van der Waals surface area contributed by atoms with Gasteiger partial charge in [0.05, 0.1) is 36.7 Å². The van der Waals surface area contributed by atoms with Gasteiger partial charge in [0, 0.05) is 11.1 Å². The topological polar surface area (TPSA) is 83.6 Å². The van der Waals surface area contributed by atoms with Gasteiger partial charge in [0.2, 0.25) is 0 Å². The Kier molecular flexibility index (Phi) is 5.89. The van der Waals surface area contributed by atoms with Crippen molar-refractivity contribution in [2.24, 2.45) is 10.2 Å². The SMILES string of the molecule is COc1cc(/C=N\N=C/c2cc(Cl)c(O)c(OC)c2)cc(Cl)c1O. The van der Waals surface area contributed by atoms with Crippen LogP contribution in [-0.4, -0.2) is 36.9 Å². The van der Waals surface area contributed by atoms with E-state index in [2.05, 4.69) is 10.2 Å². The lowest BCUT2D eigenvalue weighted by Crippen LogP contribution is -1.89. The van der Waals surface area contributed by atoms with Crippen molar-refractivity contribution >= 4 is 35.6 Å². The largest absolute Gasteiger partial charge is 0.503 e.